The van der Waals surface area contributed by atoms with Crippen LogP contribution in [0, 0.1) is 18.8 Å². The lowest BCUT2D eigenvalue weighted by atomic mass is 10.1. The number of benzene rings is 1. The van der Waals surface area contributed by atoms with Crippen molar-refractivity contribution in [2.75, 3.05) is 5.88 Å². The predicted molar refractivity (Wildman–Crippen MR) is 71.9 cm³/mol. The summed E-state index contributed by atoms with van der Waals surface area (Å²) in [5.41, 5.74) is 1.99. The minimum Gasteiger partial charge on any atom is -0.485 e. The normalized spacial score (nSPS) is 9.84. The van der Waals surface area contributed by atoms with Crippen LogP contribution in [0.2, 0.25) is 0 Å². The van der Waals surface area contributed by atoms with E-state index in [-0.39, 0.29) is 0 Å². The second-order valence-electron chi connectivity index (χ2n) is 3.90. The number of rotatable bonds is 3. The Labute approximate surface area is 116 Å². The summed E-state index contributed by atoms with van der Waals surface area (Å²) in [5, 5.41) is 11.6. The molecule has 0 aliphatic carbocycles. The summed E-state index contributed by atoms with van der Waals surface area (Å²) in [7, 11) is 1.71. The zero-order valence-electron chi connectivity index (χ0n) is 10.7. The van der Waals surface area contributed by atoms with Gasteiger partial charge in [0.25, 0.3) is 0 Å². The third kappa shape index (κ3) is 3.70. The molecule has 1 heterocycles. The van der Waals surface area contributed by atoms with Crippen molar-refractivity contribution in [1.29, 1.82) is 0 Å². The van der Waals surface area contributed by atoms with Crippen LogP contribution in [0.15, 0.2) is 18.2 Å². The van der Waals surface area contributed by atoms with E-state index in [1.807, 2.05) is 25.1 Å². The summed E-state index contributed by atoms with van der Waals surface area (Å²) in [6.07, 6.45) is 0. The molecule has 0 spiro atoms. The van der Waals surface area contributed by atoms with Crippen molar-refractivity contribution in [2.45, 2.75) is 13.5 Å². The average molecular weight is 277 g/mol. The van der Waals surface area contributed by atoms with E-state index in [0.717, 1.165) is 16.9 Å². The molecule has 0 amide bonds. The van der Waals surface area contributed by atoms with E-state index in [1.54, 1.807) is 7.05 Å². The third-order valence-electron chi connectivity index (χ3n) is 2.41. The van der Waals surface area contributed by atoms with Gasteiger partial charge in [0.15, 0.2) is 6.61 Å². The molecule has 1 aromatic carbocycles. The quantitative estimate of drug-likeness (QED) is 0.632. The second-order valence-corrected chi connectivity index (χ2v) is 4.16. The molecule has 0 fully saturated rings. The van der Waals surface area contributed by atoms with Crippen LogP contribution in [0.3, 0.4) is 0 Å². The molecule has 19 heavy (non-hydrogen) atoms. The molecule has 0 saturated heterocycles. The standard InChI is InChI=1S/C13H13ClN4O/c1-10-8-12(6-5-11(10)4-3-7-14)19-9-13-15-17-18(2)16-13/h5-6,8H,7,9H2,1-2H3. The van der Waals surface area contributed by atoms with Crippen LogP contribution in [0.4, 0.5) is 0 Å². The first kappa shape index (κ1) is 13.4. The van der Waals surface area contributed by atoms with Gasteiger partial charge in [-0.15, -0.1) is 21.8 Å². The number of hydrogen-bond acceptors (Lipinski definition) is 4. The van der Waals surface area contributed by atoms with Crippen molar-refractivity contribution in [3.63, 3.8) is 0 Å². The molecule has 1 aromatic heterocycles. The van der Waals surface area contributed by atoms with Gasteiger partial charge in [0.1, 0.15) is 5.75 Å². The zero-order chi connectivity index (χ0) is 13.7. The van der Waals surface area contributed by atoms with Crippen molar-refractivity contribution in [1.82, 2.24) is 20.2 Å². The fourth-order valence-electron chi connectivity index (χ4n) is 1.52. The molecule has 0 N–H and O–H groups in total. The van der Waals surface area contributed by atoms with Crippen molar-refractivity contribution < 1.29 is 4.74 Å². The Hall–Kier alpha value is -2.06. The number of alkyl halides is 1. The molecule has 0 bridgehead atoms. The van der Waals surface area contributed by atoms with E-state index >= 15 is 0 Å². The molecule has 0 atom stereocenters. The van der Waals surface area contributed by atoms with Crippen molar-refractivity contribution in [2.24, 2.45) is 7.05 Å². The van der Waals surface area contributed by atoms with Gasteiger partial charge in [0.2, 0.25) is 5.82 Å². The largest absolute Gasteiger partial charge is 0.485 e. The maximum Gasteiger partial charge on any atom is 0.212 e. The molecule has 0 saturated carbocycles. The van der Waals surface area contributed by atoms with Gasteiger partial charge in [-0.05, 0) is 35.9 Å². The maximum atomic E-state index is 5.59. The van der Waals surface area contributed by atoms with Crippen LogP contribution in [-0.4, -0.2) is 26.1 Å². The first-order valence-corrected chi connectivity index (χ1v) is 6.23. The van der Waals surface area contributed by atoms with Gasteiger partial charge in [-0.25, -0.2) is 0 Å². The van der Waals surface area contributed by atoms with Gasteiger partial charge in [0.05, 0.1) is 12.9 Å². The highest BCUT2D eigenvalue weighted by atomic mass is 35.5. The average Bonchev–Trinajstić information content (AvgIpc) is 2.81. The highest BCUT2D eigenvalue weighted by Gasteiger charge is 2.03. The Morgan fingerprint density at radius 1 is 1.42 bits per heavy atom. The third-order valence-corrected chi connectivity index (χ3v) is 2.54. The number of tetrazole rings is 1. The molecule has 5 nitrogen and oxygen atoms in total. The Balaban J connectivity index is 2.03. The van der Waals surface area contributed by atoms with Crippen molar-refractivity contribution in [3.05, 3.63) is 35.2 Å². The summed E-state index contributed by atoms with van der Waals surface area (Å²) in [6, 6.07) is 5.70. The summed E-state index contributed by atoms with van der Waals surface area (Å²) < 4.78 is 5.59. The van der Waals surface area contributed by atoms with E-state index in [0.29, 0.717) is 18.3 Å². The lowest BCUT2D eigenvalue weighted by Gasteiger charge is -2.05. The highest BCUT2D eigenvalue weighted by molar-refractivity contribution is 6.19. The van der Waals surface area contributed by atoms with Crippen molar-refractivity contribution >= 4 is 11.6 Å². The van der Waals surface area contributed by atoms with Gasteiger partial charge in [-0.2, -0.15) is 4.80 Å². The van der Waals surface area contributed by atoms with E-state index in [9.17, 15) is 0 Å². The van der Waals surface area contributed by atoms with Gasteiger partial charge in [0, 0.05) is 5.56 Å². The number of aromatic nitrogens is 4. The van der Waals surface area contributed by atoms with Crippen LogP contribution in [0.25, 0.3) is 0 Å². The Morgan fingerprint density at radius 3 is 2.89 bits per heavy atom. The molecule has 0 aliphatic rings. The Morgan fingerprint density at radius 2 is 2.26 bits per heavy atom. The summed E-state index contributed by atoms with van der Waals surface area (Å²) in [4.78, 5) is 1.40. The topological polar surface area (TPSA) is 52.8 Å². The van der Waals surface area contributed by atoms with E-state index < -0.39 is 0 Å². The minimum atomic E-state index is 0.292. The highest BCUT2D eigenvalue weighted by Crippen LogP contribution is 2.17. The first-order valence-electron chi connectivity index (χ1n) is 5.70. The van der Waals surface area contributed by atoms with Gasteiger partial charge < -0.3 is 4.74 Å². The monoisotopic (exact) mass is 276 g/mol. The predicted octanol–water partition coefficient (Wildman–Crippen LogP) is 1.69. The number of halogens is 1. The number of hydrogen-bond donors (Lipinski definition) is 0. The fraction of sp³-hybridized carbons (Fsp3) is 0.308. The van der Waals surface area contributed by atoms with Crippen LogP contribution < -0.4 is 4.74 Å². The lowest BCUT2D eigenvalue weighted by Crippen LogP contribution is -1.99. The minimum absolute atomic E-state index is 0.292. The molecular formula is C13H13ClN4O. The molecular weight excluding hydrogens is 264 g/mol. The van der Waals surface area contributed by atoms with Crippen LogP contribution in [0.5, 0.6) is 5.75 Å². The smallest absolute Gasteiger partial charge is 0.212 e. The number of aryl methyl sites for hydroxylation is 2. The van der Waals surface area contributed by atoms with Crippen LogP contribution in [0.1, 0.15) is 17.0 Å². The number of nitrogens with zero attached hydrogens (tertiary/aromatic N) is 4. The molecule has 0 unspecified atom stereocenters. The summed E-state index contributed by atoms with van der Waals surface area (Å²) in [5.74, 6) is 7.45. The first-order chi connectivity index (χ1) is 9.19. The molecule has 0 aliphatic heterocycles. The SMILES string of the molecule is Cc1cc(OCc2nnn(C)n2)ccc1C#CCCl. The molecule has 2 rings (SSSR count). The number of ether oxygens (including phenoxy) is 1. The van der Waals surface area contributed by atoms with Gasteiger partial charge in [-0.1, -0.05) is 11.8 Å². The van der Waals surface area contributed by atoms with Crippen LogP contribution >= 0.6 is 11.6 Å². The Kier molecular flexibility index (Phi) is 4.37. The van der Waals surface area contributed by atoms with Gasteiger partial charge >= 0.3 is 0 Å². The molecule has 0 radical (unpaired) electrons. The molecule has 98 valence electrons. The van der Waals surface area contributed by atoms with Crippen LogP contribution in [-0.2, 0) is 13.7 Å². The van der Waals surface area contributed by atoms with E-state index in [2.05, 4.69) is 27.3 Å². The Bertz CT molecular complexity index is 627. The maximum absolute atomic E-state index is 5.59. The molecule has 2 aromatic rings. The van der Waals surface area contributed by atoms with E-state index in [1.165, 1.54) is 4.80 Å². The summed E-state index contributed by atoms with van der Waals surface area (Å²) in [6.45, 7) is 2.27. The van der Waals surface area contributed by atoms with E-state index in [4.69, 9.17) is 16.3 Å². The van der Waals surface area contributed by atoms with Crippen molar-refractivity contribution in [3.8, 4) is 17.6 Å². The molecule has 6 heteroatoms. The zero-order valence-corrected chi connectivity index (χ0v) is 11.5. The second kappa shape index (κ2) is 6.21. The summed E-state index contributed by atoms with van der Waals surface area (Å²) >= 11 is 5.53. The fourth-order valence-corrected chi connectivity index (χ4v) is 1.59. The van der Waals surface area contributed by atoms with Gasteiger partial charge in [-0.3, -0.25) is 0 Å². The lowest BCUT2D eigenvalue weighted by molar-refractivity contribution is 0.295.